The first kappa shape index (κ1) is 16.3. The molecule has 7 heteroatoms. The van der Waals surface area contributed by atoms with Crippen LogP contribution in [0.5, 0.6) is 0 Å². The third-order valence-electron chi connectivity index (χ3n) is 3.84. The largest absolute Gasteiger partial charge is 0.349 e. The second-order valence-electron chi connectivity index (χ2n) is 5.63. The molecule has 0 saturated carbocycles. The number of nitrogens with one attached hydrogen (secondary N) is 3. The van der Waals surface area contributed by atoms with E-state index in [-0.39, 0.29) is 22.8 Å². The molecule has 0 spiro atoms. The first-order valence-electron chi connectivity index (χ1n) is 7.31. The summed E-state index contributed by atoms with van der Waals surface area (Å²) in [4.78, 5) is 29.9. The number of pyridine rings is 1. The van der Waals surface area contributed by atoms with Crippen LogP contribution in [-0.4, -0.2) is 15.9 Å². The van der Waals surface area contributed by atoms with Crippen molar-refractivity contribution < 1.29 is 9.18 Å². The van der Waals surface area contributed by atoms with Gasteiger partial charge >= 0.3 is 0 Å². The van der Waals surface area contributed by atoms with Gasteiger partial charge in [0.05, 0.1) is 5.02 Å². The summed E-state index contributed by atoms with van der Waals surface area (Å²) >= 11 is 6.16. The summed E-state index contributed by atoms with van der Waals surface area (Å²) in [6, 6.07) is 5.90. The zero-order chi connectivity index (χ0) is 17.4. The van der Waals surface area contributed by atoms with Crippen molar-refractivity contribution in [2.75, 3.05) is 0 Å². The number of hydrogen-bond acceptors (Lipinski definition) is 2. The number of H-pyrrole nitrogens is 2. The highest BCUT2D eigenvalue weighted by Gasteiger charge is 2.17. The Morgan fingerprint density at radius 3 is 2.71 bits per heavy atom. The van der Waals surface area contributed by atoms with Crippen molar-refractivity contribution in [2.24, 2.45) is 0 Å². The van der Waals surface area contributed by atoms with E-state index in [0.29, 0.717) is 16.5 Å². The number of aromatic amines is 2. The zero-order valence-corrected chi connectivity index (χ0v) is 13.8. The van der Waals surface area contributed by atoms with Crippen LogP contribution in [0.1, 0.15) is 27.3 Å². The molecule has 3 aromatic rings. The summed E-state index contributed by atoms with van der Waals surface area (Å²) in [7, 11) is 0. The summed E-state index contributed by atoms with van der Waals surface area (Å²) in [5, 5.41) is 3.25. The quantitative estimate of drug-likeness (QED) is 0.680. The summed E-state index contributed by atoms with van der Waals surface area (Å²) in [5.41, 5.74) is 2.49. The van der Waals surface area contributed by atoms with Gasteiger partial charge in [0.2, 0.25) is 0 Å². The van der Waals surface area contributed by atoms with E-state index in [0.717, 1.165) is 11.3 Å². The van der Waals surface area contributed by atoms with Gasteiger partial charge in [-0.15, -0.1) is 0 Å². The third-order valence-corrected chi connectivity index (χ3v) is 4.24. The Labute approximate surface area is 141 Å². The SMILES string of the molecule is Cc1cc(C)c(CNC(=O)c2[nH]c3ccc(F)cc3c2Cl)c(=O)[nH]1. The van der Waals surface area contributed by atoms with Crippen LogP contribution in [0.25, 0.3) is 10.9 Å². The maximum absolute atomic E-state index is 13.3. The van der Waals surface area contributed by atoms with Gasteiger partial charge in [0.15, 0.2) is 0 Å². The number of hydrogen-bond donors (Lipinski definition) is 3. The average molecular weight is 348 g/mol. The van der Waals surface area contributed by atoms with E-state index in [4.69, 9.17) is 11.6 Å². The fourth-order valence-corrected chi connectivity index (χ4v) is 2.94. The summed E-state index contributed by atoms with van der Waals surface area (Å²) in [6.07, 6.45) is 0. The van der Waals surface area contributed by atoms with Gasteiger partial charge in [0.25, 0.3) is 11.5 Å². The van der Waals surface area contributed by atoms with Gasteiger partial charge in [0.1, 0.15) is 11.5 Å². The smallest absolute Gasteiger partial charge is 0.269 e. The molecule has 3 rings (SSSR count). The molecule has 0 atom stereocenters. The van der Waals surface area contributed by atoms with Gasteiger partial charge < -0.3 is 15.3 Å². The van der Waals surface area contributed by atoms with Crippen LogP contribution in [-0.2, 0) is 6.54 Å². The molecule has 1 amide bonds. The first-order chi connectivity index (χ1) is 11.4. The van der Waals surface area contributed by atoms with E-state index >= 15 is 0 Å². The lowest BCUT2D eigenvalue weighted by molar-refractivity contribution is 0.0946. The Bertz CT molecular complexity index is 1010. The van der Waals surface area contributed by atoms with E-state index < -0.39 is 11.7 Å². The molecule has 0 aliphatic heterocycles. The van der Waals surface area contributed by atoms with Crippen molar-refractivity contribution in [3.8, 4) is 0 Å². The van der Waals surface area contributed by atoms with Crippen molar-refractivity contribution in [2.45, 2.75) is 20.4 Å². The molecule has 0 saturated heterocycles. The van der Waals surface area contributed by atoms with E-state index in [1.54, 1.807) is 6.92 Å². The van der Waals surface area contributed by atoms with Crippen molar-refractivity contribution in [3.63, 3.8) is 0 Å². The second-order valence-corrected chi connectivity index (χ2v) is 6.01. The summed E-state index contributed by atoms with van der Waals surface area (Å²) in [5.74, 6) is -0.895. The van der Waals surface area contributed by atoms with Gasteiger partial charge in [-0.25, -0.2) is 4.39 Å². The minimum absolute atomic E-state index is 0.0698. The van der Waals surface area contributed by atoms with E-state index in [9.17, 15) is 14.0 Å². The number of benzene rings is 1. The average Bonchev–Trinajstić information content (AvgIpc) is 2.83. The number of rotatable bonds is 3. The van der Waals surface area contributed by atoms with Crippen LogP contribution in [0.15, 0.2) is 29.1 Å². The molecule has 0 aliphatic carbocycles. The molecular weight excluding hydrogens is 333 g/mol. The van der Waals surface area contributed by atoms with Crippen molar-refractivity contribution in [1.29, 1.82) is 0 Å². The molecular formula is C17H15ClFN3O2. The molecule has 2 aromatic heterocycles. The fraction of sp³-hybridized carbons (Fsp3) is 0.176. The summed E-state index contributed by atoms with van der Waals surface area (Å²) < 4.78 is 13.3. The zero-order valence-electron chi connectivity index (χ0n) is 13.1. The Balaban J connectivity index is 1.86. The number of amides is 1. The third kappa shape index (κ3) is 2.92. The number of aryl methyl sites for hydroxylation is 2. The number of carbonyl (C=O) groups excluding carboxylic acids is 1. The lowest BCUT2D eigenvalue weighted by atomic mass is 10.1. The number of fused-ring (bicyclic) bond motifs is 1. The van der Waals surface area contributed by atoms with Gasteiger partial charge in [-0.2, -0.15) is 0 Å². The van der Waals surface area contributed by atoms with Gasteiger partial charge in [-0.05, 0) is 43.7 Å². The first-order valence-corrected chi connectivity index (χ1v) is 7.69. The molecule has 5 nitrogen and oxygen atoms in total. The van der Waals surface area contributed by atoms with Crippen molar-refractivity contribution >= 4 is 28.4 Å². The molecule has 1 aromatic carbocycles. The van der Waals surface area contributed by atoms with Crippen molar-refractivity contribution in [1.82, 2.24) is 15.3 Å². The van der Waals surface area contributed by atoms with Crippen LogP contribution < -0.4 is 10.9 Å². The van der Waals surface area contributed by atoms with E-state index in [2.05, 4.69) is 15.3 Å². The van der Waals surface area contributed by atoms with Crippen LogP contribution in [0.4, 0.5) is 4.39 Å². The normalized spacial score (nSPS) is 11.0. The lowest BCUT2D eigenvalue weighted by Crippen LogP contribution is -2.28. The predicted octanol–water partition coefficient (Wildman–Crippen LogP) is 3.20. The summed E-state index contributed by atoms with van der Waals surface area (Å²) in [6.45, 7) is 3.67. The number of aromatic nitrogens is 2. The predicted molar refractivity (Wildman–Crippen MR) is 91.0 cm³/mol. The molecule has 0 radical (unpaired) electrons. The number of halogens is 2. The monoisotopic (exact) mass is 347 g/mol. The molecule has 24 heavy (non-hydrogen) atoms. The molecule has 0 aliphatic rings. The highest BCUT2D eigenvalue weighted by Crippen LogP contribution is 2.28. The molecule has 2 heterocycles. The van der Waals surface area contributed by atoms with Crippen LogP contribution in [0.3, 0.4) is 0 Å². The number of carbonyl (C=O) groups is 1. The lowest BCUT2D eigenvalue weighted by Gasteiger charge is -2.07. The Hall–Kier alpha value is -2.60. The highest BCUT2D eigenvalue weighted by molar-refractivity contribution is 6.38. The van der Waals surface area contributed by atoms with Crippen LogP contribution >= 0.6 is 11.6 Å². The maximum Gasteiger partial charge on any atom is 0.269 e. The Morgan fingerprint density at radius 1 is 1.25 bits per heavy atom. The highest BCUT2D eigenvalue weighted by atomic mass is 35.5. The maximum atomic E-state index is 13.3. The molecule has 0 bridgehead atoms. The van der Waals surface area contributed by atoms with E-state index in [1.165, 1.54) is 18.2 Å². The molecule has 0 unspecified atom stereocenters. The fourth-order valence-electron chi connectivity index (χ4n) is 2.65. The molecule has 3 N–H and O–H groups in total. The van der Waals surface area contributed by atoms with Crippen LogP contribution in [0.2, 0.25) is 5.02 Å². The second kappa shape index (κ2) is 6.13. The standard InChI is InChI=1S/C17H15ClFN3O2/c1-8-5-9(2)21-16(23)12(8)7-20-17(24)15-14(18)11-6-10(19)3-4-13(11)22-15/h3-6,22H,7H2,1-2H3,(H,20,24)(H,21,23). The van der Waals surface area contributed by atoms with Gasteiger partial charge in [-0.3, -0.25) is 9.59 Å². The Kier molecular flexibility index (Phi) is 4.15. The van der Waals surface area contributed by atoms with Gasteiger partial charge in [-0.1, -0.05) is 11.6 Å². The topological polar surface area (TPSA) is 77.8 Å². The van der Waals surface area contributed by atoms with Crippen LogP contribution in [0, 0.1) is 19.7 Å². The van der Waals surface area contributed by atoms with Crippen molar-refractivity contribution in [3.05, 3.63) is 68.0 Å². The van der Waals surface area contributed by atoms with Gasteiger partial charge in [0, 0.05) is 28.7 Å². The molecule has 124 valence electrons. The van der Waals surface area contributed by atoms with E-state index in [1.807, 2.05) is 13.0 Å². The Morgan fingerprint density at radius 2 is 2.00 bits per heavy atom. The molecule has 0 fully saturated rings. The minimum Gasteiger partial charge on any atom is -0.349 e. The minimum atomic E-state index is -0.462.